The molecule has 0 amide bonds. The van der Waals surface area contributed by atoms with E-state index in [1.807, 2.05) is 48.1 Å². The van der Waals surface area contributed by atoms with Crippen LogP contribution in [0.1, 0.15) is 80.6 Å². The second-order valence-corrected chi connectivity index (χ2v) is 38.9. The zero-order valence-corrected chi connectivity index (χ0v) is 58.7. The van der Waals surface area contributed by atoms with E-state index in [1.165, 1.54) is 6.04 Å². The summed E-state index contributed by atoms with van der Waals surface area (Å²) in [6.07, 6.45) is 7.27. The van der Waals surface area contributed by atoms with Gasteiger partial charge in [0.25, 0.3) is 0 Å². The SMILES string of the molecule is C=CC[Si](OCC)(OCC)OCC.C=C[Si](OC)(OC)OC.CCO[Si](C)(C)CCCOCC1CO1.CCO[Si](CCCC#N)(OCC)OCC.CO[Si](C)(CO)CCCOCC1CO1.CO[Si](CO)(CCCOCC1CO1)OC. The van der Waals surface area contributed by atoms with Crippen LogP contribution in [0.2, 0.25) is 49.9 Å². The monoisotopic (exact) mass is 1260 g/mol. The summed E-state index contributed by atoms with van der Waals surface area (Å²) >= 11 is 0. The first kappa shape index (κ1) is 83.6. The molecule has 3 fully saturated rings. The summed E-state index contributed by atoms with van der Waals surface area (Å²) in [6.45, 7) is 39.0. The molecule has 3 heterocycles. The molecule has 0 spiro atoms. The summed E-state index contributed by atoms with van der Waals surface area (Å²) in [6, 6.07) is 6.43. The average Bonchev–Trinajstić information content (AvgIpc) is 4.30. The average molecular weight is 1260 g/mol. The first-order valence-corrected chi connectivity index (χ1v) is 42.4. The van der Waals surface area contributed by atoms with Crippen molar-refractivity contribution in [2.24, 2.45) is 0 Å². The highest BCUT2D eigenvalue weighted by molar-refractivity contribution is 6.72. The number of hydrogen-bond donors (Lipinski definition) is 2. The third-order valence-corrected chi connectivity index (χ3v) is 28.9. The summed E-state index contributed by atoms with van der Waals surface area (Å²) in [5, 5.41) is 26.8. The zero-order chi connectivity index (χ0) is 61.1. The molecule has 22 nitrogen and oxygen atoms in total. The van der Waals surface area contributed by atoms with E-state index in [-0.39, 0.29) is 12.5 Å². The molecule has 3 aliphatic rings. The van der Waals surface area contributed by atoms with Crippen LogP contribution in [0.3, 0.4) is 0 Å². The quantitative estimate of drug-likeness (QED) is 0.0255. The van der Waals surface area contributed by atoms with Gasteiger partial charge in [0.2, 0.25) is 8.32 Å². The molecule has 0 aliphatic carbocycles. The molecule has 0 aromatic rings. The zero-order valence-electron chi connectivity index (χ0n) is 52.7. The first-order valence-electron chi connectivity index (χ1n) is 28.5. The van der Waals surface area contributed by atoms with Crippen LogP contribution in [0.15, 0.2) is 24.9 Å². The van der Waals surface area contributed by atoms with Crippen LogP contribution < -0.4 is 0 Å². The van der Waals surface area contributed by atoms with Crippen LogP contribution >= 0.6 is 0 Å². The standard InChI is InChI=1S/C10H21NO3Si.C10H22O3Si.C9H20O5Si.C9H20O4Si.C9H20O3Si.C5H12O3Si/c1-4-12-15(13-5-2,14-6-3)10-8-7-9-11;1-4-13-14(2,3)7-5-6-11-8-10-9-12-10;1-11-15(8-10,12-2)5-3-4-13-6-9-7-14-9;1-11-14(2,8-10)5-3-4-12-6-9-7-13-9;1-5-9-13(10-6-2,11-7-3)12-8-4;1-5-9(6-2,7-3)8-4/h4-8,10H2,1-3H3;10H,4-9H2,1-3H3;9-10H,3-8H2,1-2H3;9-10H,3-8H2,1-2H3;5H,1,6-9H2,2-4H3;5H,1H2,2-4H3. The first-order chi connectivity index (χ1) is 38.3. The number of aliphatic hydroxyl groups excluding tert-OH is 2. The number of nitrogens with zero attached hydrogens (tertiary/aromatic N) is 1. The Bertz CT molecular complexity index is 1390. The Labute approximate surface area is 491 Å². The minimum absolute atomic E-state index is 0.00820. The molecule has 478 valence electrons. The lowest BCUT2D eigenvalue weighted by Gasteiger charge is -2.28. The summed E-state index contributed by atoms with van der Waals surface area (Å²) < 4.78 is 101. The fourth-order valence-corrected chi connectivity index (χ4v) is 17.8. The van der Waals surface area contributed by atoms with Crippen LogP contribution in [0, 0.1) is 11.3 Å². The van der Waals surface area contributed by atoms with Crippen molar-refractivity contribution >= 4 is 51.6 Å². The van der Waals surface area contributed by atoms with E-state index in [0.29, 0.717) is 90.2 Å². The Morgan fingerprint density at radius 3 is 1.15 bits per heavy atom. The van der Waals surface area contributed by atoms with Crippen molar-refractivity contribution < 1.29 is 96.2 Å². The van der Waals surface area contributed by atoms with E-state index in [4.69, 9.17) is 96.3 Å². The smallest absolute Gasteiger partial charge is 0.418 e. The van der Waals surface area contributed by atoms with Gasteiger partial charge < -0.3 is 96.2 Å². The van der Waals surface area contributed by atoms with Crippen molar-refractivity contribution in [3.05, 3.63) is 24.9 Å². The normalized spacial score (nSPS) is 17.2. The van der Waals surface area contributed by atoms with E-state index >= 15 is 0 Å². The third-order valence-electron chi connectivity index (χ3n) is 11.8. The van der Waals surface area contributed by atoms with E-state index in [2.05, 4.69) is 39.2 Å². The summed E-state index contributed by atoms with van der Waals surface area (Å²) in [5.41, 5.74) is 1.58. The number of nitriles is 1. The van der Waals surface area contributed by atoms with E-state index in [1.54, 1.807) is 54.4 Å². The predicted molar refractivity (Wildman–Crippen MR) is 325 cm³/mol. The highest BCUT2D eigenvalue weighted by Gasteiger charge is 2.40. The van der Waals surface area contributed by atoms with E-state index in [0.717, 1.165) is 90.1 Å². The summed E-state index contributed by atoms with van der Waals surface area (Å²) in [4.78, 5) is 0. The van der Waals surface area contributed by atoms with Gasteiger partial charge in [-0.25, -0.2) is 0 Å². The molecule has 4 atom stereocenters. The minimum atomic E-state index is -2.48. The number of ether oxygens (including phenoxy) is 6. The van der Waals surface area contributed by atoms with Gasteiger partial charge in [-0.05, 0) is 118 Å². The molecule has 0 saturated carbocycles. The van der Waals surface area contributed by atoms with Gasteiger partial charge in [-0.15, -0.1) is 6.58 Å². The molecule has 0 radical (unpaired) electrons. The number of rotatable bonds is 46. The molecule has 0 aromatic heterocycles. The number of aliphatic hydroxyl groups is 2. The molecular formula is C52H115NO21Si6. The maximum Gasteiger partial charge on any atom is 0.528 e. The highest BCUT2D eigenvalue weighted by Crippen LogP contribution is 2.21. The predicted octanol–water partition coefficient (Wildman–Crippen LogP) is 7.79. The Morgan fingerprint density at radius 1 is 0.500 bits per heavy atom. The Kier molecular flexibility index (Phi) is 55.1. The largest absolute Gasteiger partial charge is 0.528 e. The molecule has 3 saturated heterocycles. The number of allylic oxidation sites excluding steroid dienone is 1. The summed E-state index contributed by atoms with van der Waals surface area (Å²) in [7, 11) is -3.36. The second kappa shape index (κ2) is 52.7. The number of hydrogen-bond acceptors (Lipinski definition) is 22. The molecule has 28 heteroatoms. The van der Waals surface area contributed by atoms with Crippen molar-refractivity contribution in [2.45, 2.75) is 149 Å². The van der Waals surface area contributed by atoms with Crippen LogP contribution in [-0.2, 0) is 86.0 Å². The van der Waals surface area contributed by atoms with Crippen molar-refractivity contribution in [3.8, 4) is 6.07 Å². The lowest BCUT2D eigenvalue weighted by molar-refractivity contribution is 0.0707. The molecule has 0 bridgehead atoms. The Balaban J connectivity index is -0.000000895. The molecule has 3 aliphatic heterocycles. The van der Waals surface area contributed by atoms with Gasteiger partial charge in [0.05, 0.1) is 58.2 Å². The van der Waals surface area contributed by atoms with Crippen LogP contribution in [0.25, 0.3) is 0 Å². The molecule has 0 aromatic carbocycles. The second-order valence-electron chi connectivity index (χ2n) is 18.8. The highest BCUT2D eigenvalue weighted by atomic mass is 28.4. The van der Waals surface area contributed by atoms with Crippen LogP contribution in [-0.4, -0.2) is 241 Å². The van der Waals surface area contributed by atoms with Gasteiger partial charge >= 0.3 is 35.0 Å². The lowest BCUT2D eigenvalue weighted by Crippen LogP contribution is -2.45. The van der Waals surface area contributed by atoms with Crippen molar-refractivity contribution in [3.63, 3.8) is 0 Å². The van der Waals surface area contributed by atoms with Crippen molar-refractivity contribution in [1.82, 2.24) is 0 Å². The molecular weight excluding hydrogens is 1140 g/mol. The molecule has 4 unspecified atom stereocenters. The lowest BCUT2D eigenvalue weighted by atomic mass is 10.4. The van der Waals surface area contributed by atoms with Gasteiger partial charge in [-0.1, -0.05) is 12.7 Å². The Hall–Kier alpha value is -0.569. The van der Waals surface area contributed by atoms with Crippen molar-refractivity contribution in [2.75, 3.05) is 161 Å². The topological polar surface area (TPSA) is 250 Å². The fraction of sp³-hybridized carbons (Fsp3) is 0.904. The van der Waals surface area contributed by atoms with Gasteiger partial charge in [0.15, 0.2) is 8.32 Å². The van der Waals surface area contributed by atoms with Gasteiger partial charge in [-0.2, -0.15) is 5.26 Å². The maximum atomic E-state index is 9.18. The van der Waals surface area contributed by atoms with E-state index in [9.17, 15) is 5.11 Å². The number of epoxide rings is 3. The molecule has 2 N–H and O–H groups in total. The third kappa shape index (κ3) is 44.8. The van der Waals surface area contributed by atoms with Crippen LogP contribution in [0.5, 0.6) is 0 Å². The maximum absolute atomic E-state index is 9.18. The molecule has 80 heavy (non-hydrogen) atoms. The minimum Gasteiger partial charge on any atom is -0.418 e. The van der Waals surface area contributed by atoms with Gasteiger partial charge in [0.1, 0.15) is 18.3 Å². The fourth-order valence-electron chi connectivity index (χ4n) is 6.96. The van der Waals surface area contributed by atoms with Gasteiger partial charge in [0, 0.05) is 127 Å². The van der Waals surface area contributed by atoms with E-state index < -0.39 is 51.6 Å². The number of unbranched alkanes of at least 4 members (excludes halogenated alkanes) is 1. The summed E-state index contributed by atoms with van der Waals surface area (Å²) in [5.74, 6) is 0. The van der Waals surface area contributed by atoms with Gasteiger partial charge in [-0.3, -0.25) is 0 Å². The molecule has 3 rings (SSSR count). The Morgan fingerprint density at radius 2 is 0.875 bits per heavy atom. The van der Waals surface area contributed by atoms with Crippen molar-refractivity contribution in [1.29, 1.82) is 5.26 Å². The van der Waals surface area contributed by atoms with Crippen LogP contribution in [0.4, 0.5) is 0 Å².